The lowest BCUT2D eigenvalue weighted by molar-refractivity contribution is 0.458. The van der Waals surface area contributed by atoms with Crippen molar-refractivity contribution in [3.05, 3.63) is 40.1 Å². The molecule has 0 saturated heterocycles. The molecule has 0 amide bonds. The third kappa shape index (κ3) is 2.85. The molecule has 0 radical (unpaired) electrons. The Morgan fingerprint density at radius 2 is 2.18 bits per heavy atom. The van der Waals surface area contributed by atoms with Crippen LogP contribution in [0.2, 0.25) is 5.02 Å². The number of halogens is 2. The summed E-state index contributed by atoms with van der Waals surface area (Å²) in [5.74, 6) is 6.67. The molecule has 1 aromatic heterocycles. The van der Waals surface area contributed by atoms with Crippen molar-refractivity contribution in [2.75, 3.05) is 5.43 Å². The summed E-state index contributed by atoms with van der Waals surface area (Å²) in [6.07, 6.45) is 1.35. The summed E-state index contributed by atoms with van der Waals surface area (Å²) in [6, 6.07) is 7.01. The predicted molar refractivity (Wildman–Crippen MR) is 69.1 cm³/mol. The minimum atomic E-state index is 0.357. The summed E-state index contributed by atoms with van der Waals surface area (Å²) in [4.78, 5) is 7.91. The van der Waals surface area contributed by atoms with Crippen LogP contribution in [-0.4, -0.2) is 9.97 Å². The van der Waals surface area contributed by atoms with Crippen molar-refractivity contribution in [1.29, 1.82) is 0 Å². The molecule has 0 unspecified atom stereocenters. The van der Waals surface area contributed by atoms with Crippen molar-refractivity contribution in [2.45, 2.75) is 0 Å². The molecule has 0 atom stereocenters. The van der Waals surface area contributed by atoms with E-state index >= 15 is 0 Å². The average Bonchev–Trinajstić information content (AvgIpc) is 2.32. The number of nitrogens with one attached hydrogen (secondary N) is 1. The number of aromatic nitrogens is 2. The molecule has 7 heteroatoms. The maximum atomic E-state index is 5.85. The first kappa shape index (κ1) is 12.1. The van der Waals surface area contributed by atoms with Gasteiger partial charge in [-0.3, -0.25) is 0 Å². The lowest BCUT2D eigenvalue weighted by Crippen LogP contribution is -2.09. The van der Waals surface area contributed by atoms with E-state index in [0.717, 1.165) is 0 Å². The van der Waals surface area contributed by atoms with Crippen molar-refractivity contribution < 1.29 is 4.74 Å². The minimum Gasteiger partial charge on any atom is -0.438 e. The van der Waals surface area contributed by atoms with Gasteiger partial charge in [0.1, 0.15) is 16.5 Å². The highest BCUT2D eigenvalue weighted by Crippen LogP contribution is 2.31. The second-order valence-corrected chi connectivity index (χ2v) is 4.27. The van der Waals surface area contributed by atoms with Crippen LogP contribution in [0.3, 0.4) is 0 Å². The van der Waals surface area contributed by atoms with Gasteiger partial charge in [-0.2, -0.15) is 0 Å². The molecular formula is C10H8BrClN4O. The summed E-state index contributed by atoms with van der Waals surface area (Å²) in [7, 11) is 0. The summed E-state index contributed by atoms with van der Waals surface area (Å²) >= 11 is 9.14. The third-order valence-electron chi connectivity index (χ3n) is 1.90. The van der Waals surface area contributed by atoms with Crippen LogP contribution in [0.25, 0.3) is 0 Å². The van der Waals surface area contributed by atoms with E-state index in [1.54, 1.807) is 24.3 Å². The lowest BCUT2D eigenvalue weighted by Gasteiger charge is -2.08. The van der Waals surface area contributed by atoms with Crippen molar-refractivity contribution in [3.63, 3.8) is 0 Å². The fourth-order valence-electron chi connectivity index (χ4n) is 1.17. The maximum absolute atomic E-state index is 5.85. The van der Waals surface area contributed by atoms with Gasteiger partial charge in [-0.15, -0.1) is 0 Å². The Bertz CT molecular complexity index is 537. The minimum absolute atomic E-state index is 0.357. The number of hydrogen-bond acceptors (Lipinski definition) is 5. The molecule has 3 N–H and O–H groups in total. The topological polar surface area (TPSA) is 73.1 Å². The van der Waals surface area contributed by atoms with Crippen molar-refractivity contribution in [2.24, 2.45) is 5.84 Å². The zero-order valence-electron chi connectivity index (χ0n) is 8.52. The molecule has 2 aromatic rings. The van der Waals surface area contributed by atoms with Gasteiger partial charge in [0.05, 0.1) is 0 Å². The highest BCUT2D eigenvalue weighted by atomic mass is 79.9. The van der Waals surface area contributed by atoms with Crippen LogP contribution >= 0.6 is 27.5 Å². The number of nitrogens with zero attached hydrogens (tertiary/aromatic N) is 2. The summed E-state index contributed by atoms with van der Waals surface area (Å²) in [5, 5.41) is 0.588. The van der Waals surface area contributed by atoms with Crippen LogP contribution in [0.15, 0.2) is 35.1 Å². The smallest absolute Gasteiger partial charge is 0.238 e. The highest BCUT2D eigenvalue weighted by molar-refractivity contribution is 9.10. The first-order valence-corrected chi connectivity index (χ1v) is 5.78. The van der Waals surface area contributed by atoms with Gasteiger partial charge >= 0.3 is 0 Å². The number of benzene rings is 1. The van der Waals surface area contributed by atoms with E-state index in [2.05, 4.69) is 31.3 Å². The quantitative estimate of drug-likeness (QED) is 0.673. The molecule has 1 aromatic carbocycles. The van der Waals surface area contributed by atoms with Crippen molar-refractivity contribution >= 4 is 33.3 Å². The molecular weight excluding hydrogens is 307 g/mol. The second kappa shape index (κ2) is 5.31. The van der Waals surface area contributed by atoms with Crippen LogP contribution in [0, 0.1) is 0 Å². The number of anilines is 1. The fourth-order valence-corrected chi connectivity index (χ4v) is 1.75. The summed E-state index contributed by atoms with van der Waals surface area (Å²) in [6.45, 7) is 0. The van der Waals surface area contributed by atoms with E-state index < -0.39 is 0 Å². The van der Waals surface area contributed by atoms with E-state index in [1.807, 2.05) is 0 Å². The Labute approximate surface area is 111 Å². The van der Waals surface area contributed by atoms with Gasteiger partial charge < -0.3 is 10.2 Å². The second-order valence-electron chi connectivity index (χ2n) is 3.05. The highest BCUT2D eigenvalue weighted by Gasteiger charge is 2.09. The van der Waals surface area contributed by atoms with Crippen LogP contribution in [0.5, 0.6) is 11.6 Å². The third-order valence-corrected chi connectivity index (χ3v) is 2.85. The lowest BCUT2D eigenvalue weighted by atomic mass is 10.3. The predicted octanol–water partition coefficient (Wildman–Crippen LogP) is 2.97. The van der Waals surface area contributed by atoms with Gasteiger partial charge in [-0.25, -0.2) is 15.8 Å². The Morgan fingerprint density at radius 3 is 2.88 bits per heavy atom. The molecule has 0 saturated carbocycles. The number of hydrazine groups is 1. The molecule has 0 fully saturated rings. The standard InChI is InChI=1S/C10H8BrClN4O/c11-8-9(16-13)14-5-15-10(8)17-7-3-1-2-6(12)4-7/h1-5H,13H2,(H,14,15,16). The van der Waals surface area contributed by atoms with Gasteiger partial charge in [-0.1, -0.05) is 17.7 Å². The normalized spacial score (nSPS) is 10.1. The van der Waals surface area contributed by atoms with E-state index in [1.165, 1.54) is 6.33 Å². The van der Waals surface area contributed by atoms with Crippen LogP contribution in [0.4, 0.5) is 5.82 Å². The molecule has 1 heterocycles. The molecule has 5 nitrogen and oxygen atoms in total. The number of rotatable bonds is 3. The van der Waals surface area contributed by atoms with Gasteiger partial charge in [0.25, 0.3) is 0 Å². The summed E-state index contributed by atoms with van der Waals surface area (Å²) in [5.41, 5.74) is 2.43. The Balaban J connectivity index is 2.30. The number of hydrogen-bond donors (Lipinski definition) is 2. The van der Waals surface area contributed by atoms with E-state index in [4.69, 9.17) is 22.2 Å². The molecule has 0 bridgehead atoms. The number of nitrogens with two attached hydrogens (primary N) is 1. The van der Waals surface area contributed by atoms with E-state index in [-0.39, 0.29) is 0 Å². The Hall–Kier alpha value is -1.37. The SMILES string of the molecule is NNc1ncnc(Oc2cccc(Cl)c2)c1Br. The zero-order chi connectivity index (χ0) is 12.3. The molecule has 2 rings (SSSR count). The van der Waals surface area contributed by atoms with Crippen molar-refractivity contribution in [1.82, 2.24) is 9.97 Å². The molecule has 0 spiro atoms. The van der Waals surface area contributed by atoms with Crippen LogP contribution in [-0.2, 0) is 0 Å². The van der Waals surface area contributed by atoms with Crippen LogP contribution in [0.1, 0.15) is 0 Å². The fraction of sp³-hybridized carbons (Fsp3) is 0. The molecule has 0 aliphatic carbocycles. The van der Waals surface area contributed by atoms with Gasteiger partial charge in [-0.05, 0) is 34.1 Å². The average molecular weight is 316 g/mol. The van der Waals surface area contributed by atoms with Crippen LogP contribution < -0.4 is 16.0 Å². The zero-order valence-corrected chi connectivity index (χ0v) is 10.9. The summed E-state index contributed by atoms with van der Waals surface area (Å²) < 4.78 is 6.10. The molecule has 88 valence electrons. The Kier molecular flexibility index (Phi) is 3.78. The molecule has 17 heavy (non-hydrogen) atoms. The molecule has 0 aliphatic rings. The Morgan fingerprint density at radius 1 is 1.35 bits per heavy atom. The molecule has 0 aliphatic heterocycles. The van der Waals surface area contributed by atoms with Gasteiger partial charge in [0.2, 0.25) is 5.88 Å². The first-order chi connectivity index (χ1) is 8.20. The maximum Gasteiger partial charge on any atom is 0.238 e. The number of nitrogen functional groups attached to an aromatic ring is 1. The van der Waals surface area contributed by atoms with Gasteiger partial charge in [0, 0.05) is 5.02 Å². The first-order valence-electron chi connectivity index (χ1n) is 4.61. The van der Waals surface area contributed by atoms with Crippen molar-refractivity contribution in [3.8, 4) is 11.6 Å². The monoisotopic (exact) mass is 314 g/mol. The van der Waals surface area contributed by atoms with E-state index in [9.17, 15) is 0 Å². The number of ether oxygens (including phenoxy) is 1. The largest absolute Gasteiger partial charge is 0.438 e. The van der Waals surface area contributed by atoms with E-state index in [0.29, 0.717) is 26.9 Å². The van der Waals surface area contributed by atoms with Gasteiger partial charge in [0.15, 0.2) is 5.82 Å².